The summed E-state index contributed by atoms with van der Waals surface area (Å²) in [5.74, 6) is 0.666. The number of thioether (sulfide) groups is 1. The molecule has 0 unspecified atom stereocenters. The first-order valence-corrected chi connectivity index (χ1v) is 12.1. The SMILES string of the molecule is Cc1cccc(C)c1OCc1nnc(SCC(=O)NC(=O)c2cccs2)n1-c1ccccc1. The number of carbonyl (C=O) groups is 2. The van der Waals surface area contributed by atoms with Gasteiger partial charge in [-0.25, -0.2) is 0 Å². The highest BCUT2D eigenvalue weighted by Crippen LogP contribution is 2.26. The largest absolute Gasteiger partial charge is 0.485 e. The number of ether oxygens (including phenoxy) is 1. The fourth-order valence-electron chi connectivity index (χ4n) is 3.25. The molecule has 4 aromatic rings. The summed E-state index contributed by atoms with van der Waals surface area (Å²) in [7, 11) is 0. The molecule has 0 spiro atoms. The second kappa shape index (κ2) is 10.5. The Labute approximate surface area is 199 Å². The van der Waals surface area contributed by atoms with Crippen LogP contribution in [0.1, 0.15) is 26.6 Å². The van der Waals surface area contributed by atoms with Crippen molar-refractivity contribution in [1.82, 2.24) is 20.1 Å². The van der Waals surface area contributed by atoms with Crippen molar-refractivity contribution in [3.05, 3.63) is 87.9 Å². The summed E-state index contributed by atoms with van der Waals surface area (Å²) in [6.45, 7) is 4.22. The lowest BCUT2D eigenvalue weighted by Crippen LogP contribution is -2.31. The zero-order valence-electron chi connectivity index (χ0n) is 18.1. The van der Waals surface area contributed by atoms with Crippen LogP contribution in [0.5, 0.6) is 5.75 Å². The van der Waals surface area contributed by atoms with Crippen LogP contribution in [0, 0.1) is 13.8 Å². The van der Waals surface area contributed by atoms with Crippen molar-refractivity contribution in [2.75, 3.05) is 5.75 Å². The molecule has 0 fully saturated rings. The number of amides is 2. The third-order valence-electron chi connectivity index (χ3n) is 4.80. The van der Waals surface area contributed by atoms with Gasteiger partial charge >= 0.3 is 0 Å². The molecule has 0 atom stereocenters. The van der Waals surface area contributed by atoms with Crippen LogP contribution in [0.2, 0.25) is 0 Å². The van der Waals surface area contributed by atoms with Gasteiger partial charge in [0.05, 0.1) is 10.6 Å². The molecular formula is C24H22N4O3S2. The fraction of sp³-hybridized carbons (Fsp3) is 0.167. The number of aryl methyl sites for hydroxylation is 2. The van der Waals surface area contributed by atoms with Crippen molar-refractivity contribution >= 4 is 34.9 Å². The van der Waals surface area contributed by atoms with Crippen LogP contribution < -0.4 is 10.1 Å². The van der Waals surface area contributed by atoms with E-state index in [1.54, 1.807) is 17.5 Å². The summed E-state index contributed by atoms with van der Waals surface area (Å²) >= 11 is 2.50. The van der Waals surface area contributed by atoms with Gasteiger partial charge in [-0.2, -0.15) is 0 Å². The minimum atomic E-state index is -0.400. The zero-order valence-corrected chi connectivity index (χ0v) is 19.8. The number of hydrogen-bond donors (Lipinski definition) is 1. The monoisotopic (exact) mass is 478 g/mol. The zero-order chi connectivity index (χ0) is 23.2. The van der Waals surface area contributed by atoms with E-state index < -0.39 is 11.8 Å². The van der Waals surface area contributed by atoms with Crippen molar-refractivity contribution in [1.29, 1.82) is 0 Å². The van der Waals surface area contributed by atoms with Gasteiger partial charge in [0, 0.05) is 5.69 Å². The molecule has 0 saturated carbocycles. The Kier molecular flexibility index (Phi) is 7.21. The molecule has 2 amide bonds. The number of imide groups is 1. The predicted octanol–water partition coefficient (Wildman–Crippen LogP) is 4.57. The Balaban J connectivity index is 1.50. The number of nitrogens with one attached hydrogen (secondary N) is 1. The normalized spacial score (nSPS) is 10.7. The lowest BCUT2D eigenvalue weighted by atomic mass is 10.1. The summed E-state index contributed by atoms with van der Waals surface area (Å²) in [6.07, 6.45) is 0. The lowest BCUT2D eigenvalue weighted by Gasteiger charge is -2.13. The minimum Gasteiger partial charge on any atom is -0.485 e. The Morgan fingerprint density at radius 2 is 1.76 bits per heavy atom. The highest BCUT2D eigenvalue weighted by molar-refractivity contribution is 7.99. The standard InChI is InChI=1S/C24H22N4O3S2/c1-16-8-6-9-17(2)22(16)31-14-20-26-27-24(28(20)18-10-4-3-5-11-18)33-15-21(29)25-23(30)19-12-7-13-32-19/h3-13H,14-15H2,1-2H3,(H,25,29,30). The second-order valence-corrected chi connectivity index (χ2v) is 9.11. The van der Waals surface area contributed by atoms with Crippen LogP contribution in [0.3, 0.4) is 0 Å². The second-order valence-electron chi connectivity index (χ2n) is 7.22. The van der Waals surface area contributed by atoms with E-state index >= 15 is 0 Å². The van der Waals surface area contributed by atoms with Crippen LogP contribution in [-0.2, 0) is 11.4 Å². The minimum absolute atomic E-state index is 0.0276. The van der Waals surface area contributed by atoms with Crippen molar-refractivity contribution in [2.45, 2.75) is 25.6 Å². The molecular weight excluding hydrogens is 456 g/mol. The van der Waals surface area contributed by atoms with Gasteiger partial charge < -0.3 is 4.74 Å². The van der Waals surface area contributed by atoms with E-state index in [2.05, 4.69) is 15.5 Å². The van der Waals surface area contributed by atoms with Crippen molar-refractivity contribution in [3.8, 4) is 11.4 Å². The van der Waals surface area contributed by atoms with Crippen LogP contribution in [-0.4, -0.2) is 32.3 Å². The van der Waals surface area contributed by atoms with Crippen LogP contribution in [0.25, 0.3) is 5.69 Å². The van der Waals surface area contributed by atoms with E-state index in [9.17, 15) is 9.59 Å². The summed E-state index contributed by atoms with van der Waals surface area (Å²) in [5.41, 5.74) is 2.95. The average Bonchev–Trinajstić information content (AvgIpc) is 3.48. The molecule has 2 heterocycles. The highest BCUT2D eigenvalue weighted by Gasteiger charge is 2.18. The number of nitrogens with zero attached hydrogens (tertiary/aromatic N) is 3. The summed E-state index contributed by atoms with van der Waals surface area (Å²) in [6, 6.07) is 19.1. The molecule has 168 valence electrons. The quantitative estimate of drug-likeness (QED) is 0.373. The number of carbonyl (C=O) groups excluding carboxylic acids is 2. The maximum atomic E-state index is 12.3. The Morgan fingerprint density at radius 1 is 1.00 bits per heavy atom. The molecule has 0 aliphatic heterocycles. The number of benzene rings is 2. The first kappa shape index (κ1) is 22.8. The summed E-state index contributed by atoms with van der Waals surface area (Å²) in [5, 5.41) is 13.3. The number of rotatable bonds is 8. The molecule has 9 heteroatoms. The third kappa shape index (κ3) is 5.50. The van der Waals surface area contributed by atoms with Gasteiger partial charge in [0.1, 0.15) is 12.4 Å². The van der Waals surface area contributed by atoms with E-state index in [4.69, 9.17) is 4.74 Å². The molecule has 0 bridgehead atoms. The first-order chi connectivity index (χ1) is 16.0. The molecule has 0 saturated heterocycles. The van der Waals surface area contributed by atoms with Crippen LogP contribution in [0.15, 0.2) is 71.2 Å². The van der Waals surface area contributed by atoms with Crippen LogP contribution >= 0.6 is 23.1 Å². The predicted molar refractivity (Wildman–Crippen MR) is 129 cm³/mol. The number of para-hydroxylation sites is 2. The number of thiophene rings is 1. The van der Waals surface area contributed by atoms with Crippen molar-refractivity contribution in [3.63, 3.8) is 0 Å². The lowest BCUT2D eigenvalue weighted by molar-refractivity contribution is -0.117. The molecule has 0 radical (unpaired) electrons. The Hall–Kier alpha value is -3.43. The van der Waals surface area contributed by atoms with E-state index in [0.717, 1.165) is 22.6 Å². The average molecular weight is 479 g/mol. The molecule has 4 rings (SSSR count). The van der Waals surface area contributed by atoms with E-state index in [1.165, 1.54) is 23.1 Å². The van der Waals surface area contributed by atoms with Crippen molar-refractivity contribution < 1.29 is 14.3 Å². The molecule has 33 heavy (non-hydrogen) atoms. The number of aromatic nitrogens is 3. The molecule has 2 aromatic carbocycles. The molecule has 0 aliphatic rings. The maximum Gasteiger partial charge on any atom is 0.267 e. The van der Waals surface area contributed by atoms with E-state index in [0.29, 0.717) is 15.9 Å². The fourth-order valence-corrected chi connectivity index (χ4v) is 4.64. The van der Waals surface area contributed by atoms with Gasteiger partial charge in [-0.3, -0.25) is 19.5 Å². The Morgan fingerprint density at radius 3 is 2.45 bits per heavy atom. The number of hydrogen-bond acceptors (Lipinski definition) is 7. The maximum absolute atomic E-state index is 12.3. The third-order valence-corrected chi connectivity index (χ3v) is 6.60. The Bertz CT molecular complexity index is 1230. The van der Waals surface area contributed by atoms with Gasteiger partial charge in [0.15, 0.2) is 11.0 Å². The summed E-state index contributed by atoms with van der Waals surface area (Å²) in [4.78, 5) is 24.9. The molecule has 1 N–H and O–H groups in total. The van der Waals surface area contributed by atoms with Crippen molar-refractivity contribution in [2.24, 2.45) is 0 Å². The molecule has 0 aliphatic carbocycles. The molecule has 2 aromatic heterocycles. The van der Waals surface area contributed by atoms with Crippen LogP contribution in [0.4, 0.5) is 0 Å². The van der Waals surface area contributed by atoms with Gasteiger partial charge in [0.2, 0.25) is 5.91 Å². The van der Waals surface area contributed by atoms with Gasteiger partial charge in [0.25, 0.3) is 5.91 Å². The van der Waals surface area contributed by atoms with Gasteiger partial charge in [-0.15, -0.1) is 21.5 Å². The molecule has 7 nitrogen and oxygen atoms in total. The smallest absolute Gasteiger partial charge is 0.267 e. The van der Waals surface area contributed by atoms with Gasteiger partial charge in [-0.1, -0.05) is 54.2 Å². The summed E-state index contributed by atoms with van der Waals surface area (Å²) < 4.78 is 7.96. The van der Waals surface area contributed by atoms with E-state index in [-0.39, 0.29) is 12.4 Å². The van der Waals surface area contributed by atoms with Gasteiger partial charge in [-0.05, 0) is 48.6 Å². The topological polar surface area (TPSA) is 86.1 Å². The highest BCUT2D eigenvalue weighted by atomic mass is 32.2. The first-order valence-electron chi connectivity index (χ1n) is 10.2. The van der Waals surface area contributed by atoms with E-state index in [1.807, 2.05) is 66.9 Å².